The minimum atomic E-state index is -0.898. The summed E-state index contributed by atoms with van der Waals surface area (Å²) in [5.41, 5.74) is -0.785. The number of para-hydroxylation sites is 1. The highest BCUT2D eigenvalue weighted by Crippen LogP contribution is 2.29. The van der Waals surface area contributed by atoms with Crippen LogP contribution in [0.3, 0.4) is 0 Å². The van der Waals surface area contributed by atoms with Gasteiger partial charge in [0.05, 0.1) is 0 Å². The summed E-state index contributed by atoms with van der Waals surface area (Å²) in [6.07, 6.45) is 1.08. The maximum absolute atomic E-state index is 13.6. The van der Waals surface area contributed by atoms with E-state index < -0.39 is 11.4 Å². The van der Waals surface area contributed by atoms with Crippen molar-refractivity contribution in [2.24, 2.45) is 0 Å². The number of ketones is 1. The Hall–Kier alpha value is -1.68. The van der Waals surface area contributed by atoms with Crippen molar-refractivity contribution in [1.29, 1.82) is 0 Å². The first-order valence-electron chi connectivity index (χ1n) is 6.36. The largest absolute Gasteiger partial charge is 0.450 e. The highest BCUT2D eigenvalue weighted by molar-refractivity contribution is 6.03. The second kappa shape index (κ2) is 5.13. The van der Waals surface area contributed by atoms with Gasteiger partial charge in [-0.1, -0.05) is 26.0 Å². The smallest absolute Gasteiger partial charge is 0.229 e. The van der Waals surface area contributed by atoms with Crippen LogP contribution in [0.4, 0.5) is 4.39 Å². The Balaban J connectivity index is 2.50. The van der Waals surface area contributed by atoms with Gasteiger partial charge in [0.25, 0.3) is 0 Å². The zero-order valence-corrected chi connectivity index (χ0v) is 11.3. The van der Waals surface area contributed by atoms with Gasteiger partial charge in [-0.05, 0) is 25.0 Å². The Morgan fingerprint density at radius 1 is 1.37 bits per heavy atom. The number of furan rings is 1. The van der Waals surface area contributed by atoms with Crippen molar-refractivity contribution in [3.63, 3.8) is 0 Å². The predicted molar refractivity (Wildman–Crippen MR) is 70.8 cm³/mol. The molecular formula is C15H17FO3. The van der Waals surface area contributed by atoms with Gasteiger partial charge < -0.3 is 9.15 Å². The molecule has 2 rings (SSSR count). The number of hydrogen-bond acceptors (Lipinski definition) is 3. The Bertz CT molecular complexity index is 588. The van der Waals surface area contributed by atoms with E-state index in [0.717, 1.165) is 0 Å². The lowest BCUT2D eigenvalue weighted by molar-refractivity contribution is -0.00451. The van der Waals surface area contributed by atoms with Gasteiger partial charge in [0.2, 0.25) is 5.78 Å². The van der Waals surface area contributed by atoms with E-state index in [2.05, 4.69) is 0 Å². The third-order valence-corrected chi connectivity index (χ3v) is 3.67. The topological polar surface area (TPSA) is 39.4 Å². The van der Waals surface area contributed by atoms with Gasteiger partial charge in [-0.3, -0.25) is 4.79 Å². The van der Waals surface area contributed by atoms with E-state index in [9.17, 15) is 9.18 Å². The van der Waals surface area contributed by atoms with Crippen molar-refractivity contribution in [2.45, 2.75) is 32.3 Å². The number of benzene rings is 1. The average Bonchev–Trinajstić information content (AvgIpc) is 2.86. The highest BCUT2D eigenvalue weighted by atomic mass is 19.1. The molecular weight excluding hydrogens is 247 g/mol. The van der Waals surface area contributed by atoms with Crippen molar-refractivity contribution < 1.29 is 18.3 Å². The number of rotatable bonds is 5. The summed E-state index contributed by atoms with van der Waals surface area (Å²) in [7, 11) is 1.51. The second-order valence-corrected chi connectivity index (χ2v) is 4.50. The minimum Gasteiger partial charge on any atom is -0.450 e. The van der Waals surface area contributed by atoms with Crippen LogP contribution < -0.4 is 0 Å². The van der Waals surface area contributed by atoms with Crippen molar-refractivity contribution >= 4 is 16.8 Å². The Labute approximate surface area is 111 Å². The van der Waals surface area contributed by atoms with Crippen molar-refractivity contribution in [3.8, 4) is 0 Å². The molecule has 0 aliphatic carbocycles. The maximum Gasteiger partial charge on any atom is 0.229 e. The molecule has 1 heterocycles. The van der Waals surface area contributed by atoms with Gasteiger partial charge in [-0.25, -0.2) is 4.39 Å². The lowest BCUT2D eigenvalue weighted by Crippen LogP contribution is -2.39. The molecule has 0 fully saturated rings. The lowest BCUT2D eigenvalue weighted by Gasteiger charge is -2.27. The third-order valence-electron chi connectivity index (χ3n) is 3.67. The molecule has 0 spiro atoms. The van der Waals surface area contributed by atoms with Crippen molar-refractivity contribution in [1.82, 2.24) is 0 Å². The van der Waals surface area contributed by atoms with Crippen LogP contribution in [0.5, 0.6) is 0 Å². The van der Waals surface area contributed by atoms with Crippen LogP contribution in [0.1, 0.15) is 37.2 Å². The van der Waals surface area contributed by atoms with Crippen LogP contribution in [0.15, 0.2) is 28.7 Å². The van der Waals surface area contributed by atoms with E-state index in [-0.39, 0.29) is 17.1 Å². The van der Waals surface area contributed by atoms with Gasteiger partial charge in [0.1, 0.15) is 5.60 Å². The summed E-state index contributed by atoms with van der Waals surface area (Å²) in [4.78, 5) is 12.5. The average molecular weight is 264 g/mol. The Morgan fingerprint density at radius 2 is 2.05 bits per heavy atom. The molecule has 1 aromatic carbocycles. The molecule has 0 saturated heterocycles. The zero-order valence-electron chi connectivity index (χ0n) is 11.3. The van der Waals surface area contributed by atoms with Crippen LogP contribution in [0.2, 0.25) is 0 Å². The molecule has 0 radical (unpaired) electrons. The number of carbonyl (C=O) groups is 1. The fourth-order valence-electron chi connectivity index (χ4n) is 2.32. The van der Waals surface area contributed by atoms with Crippen molar-refractivity contribution in [2.75, 3.05) is 7.11 Å². The molecule has 0 atom stereocenters. The van der Waals surface area contributed by atoms with E-state index in [1.807, 2.05) is 13.8 Å². The van der Waals surface area contributed by atoms with E-state index >= 15 is 0 Å². The quantitative estimate of drug-likeness (QED) is 0.767. The minimum absolute atomic E-state index is 0.114. The van der Waals surface area contributed by atoms with Crippen LogP contribution in [-0.2, 0) is 4.74 Å². The molecule has 0 aliphatic rings. The fraction of sp³-hybridized carbons (Fsp3) is 0.400. The second-order valence-electron chi connectivity index (χ2n) is 4.50. The first kappa shape index (κ1) is 13.7. The lowest BCUT2D eigenvalue weighted by atomic mass is 9.90. The monoisotopic (exact) mass is 264 g/mol. The van der Waals surface area contributed by atoms with E-state index in [0.29, 0.717) is 18.2 Å². The standard InChI is InChI=1S/C15H17FO3/c1-4-15(5-2,18-3)14(17)12-9-10-7-6-8-11(16)13(10)19-12/h6-9H,4-5H2,1-3H3. The number of methoxy groups -OCH3 is 1. The molecule has 19 heavy (non-hydrogen) atoms. The first-order chi connectivity index (χ1) is 9.07. The number of fused-ring (bicyclic) bond motifs is 1. The zero-order chi connectivity index (χ0) is 14.0. The summed E-state index contributed by atoms with van der Waals surface area (Å²) in [6.45, 7) is 3.77. The molecule has 2 aromatic rings. The molecule has 102 valence electrons. The van der Waals surface area contributed by atoms with Crippen LogP contribution in [0.25, 0.3) is 11.0 Å². The van der Waals surface area contributed by atoms with Gasteiger partial charge in [0.15, 0.2) is 17.2 Å². The fourth-order valence-corrected chi connectivity index (χ4v) is 2.32. The van der Waals surface area contributed by atoms with E-state index in [1.54, 1.807) is 18.2 Å². The van der Waals surface area contributed by atoms with Gasteiger partial charge in [0, 0.05) is 12.5 Å². The Morgan fingerprint density at radius 3 is 2.58 bits per heavy atom. The SMILES string of the molecule is CCC(CC)(OC)C(=O)c1cc2cccc(F)c2o1. The van der Waals surface area contributed by atoms with Gasteiger partial charge in [-0.15, -0.1) is 0 Å². The van der Waals surface area contributed by atoms with Crippen LogP contribution in [-0.4, -0.2) is 18.5 Å². The number of hydrogen-bond donors (Lipinski definition) is 0. The van der Waals surface area contributed by atoms with E-state index in [1.165, 1.54) is 13.2 Å². The van der Waals surface area contributed by atoms with Crippen LogP contribution >= 0.6 is 0 Å². The number of halogens is 1. The first-order valence-corrected chi connectivity index (χ1v) is 6.36. The molecule has 0 aliphatic heterocycles. The molecule has 0 N–H and O–H groups in total. The molecule has 0 unspecified atom stereocenters. The maximum atomic E-state index is 13.6. The summed E-state index contributed by atoms with van der Waals surface area (Å²) < 4.78 is 24.3. The normalized spacial score (nSPS) is 12.0. The number of carbonyl (C=O) groups excluding carboxylic acids is 1. The summed E-state index contributed by atoms with van der Waals surface area (Å²) in [5, 5.41) is 0.584. The predicted octanol–water partition coefficient (Wildman–Crippen LogP) is 3.96. The molecule has 3 nitrogen and oxygen atoms in total. The van der Waals surface area contributed by atoms with E-state index in [4.69, 9.17) is 9.15 Å². The molecule has 4 heteroatoms. The number of Topliss-reactive ketones (excluding diaryl/α,β-unsaturated/α-hetero) is 1. The van der Waals surface area contributed by atoms with Gasteiger partial charge in [-0.2, -0.15) is 0 Å². The summed E-state index contributed by atoms with van der Waals surface area (Å²) in [5.74, 6) is -0.561. The molecule has 1 aromatic heterocycles. The van der Waals surface area contributed by atoms with Crippen molar-refractivity contribution in [3.05, 3.63) is 35.8 Å². The molecule has 0 amide bonds. The Kier molecular flexibility index (Phi) is 3.71. The highest BCUT2D eigenvalue weighted by Gasteiger charge is 2.37. The third kappa shape index (κ3) is 2.16. The molecule has 0 bridgehead atoms. The van der Waals surface area contributed by atoms with Crippen LogP contribution in [0, 0.1) is 5.82 Å². The van der Waals surface area contributed by atoms with Gasteiger partial charge >= 0.3 is 0 Å². The summed E-state index contributed by atoms with van der Waals surface area (Å²) in [6, 6.07) is 6.18. The molecule has 0 saturated carbocycles. The summed E-state index contributed by atoms with van der Waals surface area (Å²) >= 11 is 0. The number of ether oxygens (including phenoxy) is 1.